The molecule has 1 aromatic carbocycles. The third kappa shape index (κ3) is 2.15. The van der Waals surface area contributed by atoms with Crippen LogP contribution in [0.4, 0.5) is 0 Å². The van der Waals surface area contributed by atoms with E-state index in [4.69, 9.17) is 11.6 Å². The minimum atomic E-state index is -1.21. The third-order valence-electron chi connectivity index (χ3n) is 4.24. The predicted octanol–water partition coefficient (Wildman–Crippen LogP) is 2.83. The molecule has 0 spiro atoms. The fourth-order valence-electron chi connectivity index (χ4n) is 2.93. The van der Waals surface area contributed by atoms with Crippen molar-refractivity contribution in [3.63, 3.8) is 0 Å². The van der Waals surface area contributed by atoms with E-state index in [1.54, 1.807) is 11.9 Å². The van der Waals surface area contributed by atoms with Gasteiger partial charge in [0.2, 0.25) is 0 Å². The number of benzene rings is 1. The van der Waals surface area contributed by atoms with Crippen molar-refractivity contribution >= 4 is 17.6 Å². The van der Waals surface area contributed by atoms with Gasteiger partial charge in [-0.3, -0.25) is 5.01 Å². The molecule has 0 aromatic heterocycles. The molecule has 1 saturated heterocycles. The van der Waals surface area contributed by atoms with Gasteiger partial charge in [-0.15, -0.1) is 11.6 Å². The van der Waals surface area contributed by atoms with Gasteiger partial charge in [-0.05, 0) is 25.0 Å². The topological polar surface area (TPSA) is 52.6 Å². The molecule has 3 unspecified atom stereocenters. The number of alkyl halides is 1. The van der Waals surface area contributed by atoms with Gasteiger partial charge in [-0.2, -0.15) is 0 Å². The zero-order chi connectivity index (χ0) is 15.0. The summed E-state index contributed by atoms with van der Waals surface area (Å²) < 4.78 is 0. The molecule has 1 fully saturated rings. The van der Waals surface area contributed by atoms with Crippen LogP contribution in [0, 0.1) is 5.92 Å². The predicted molar refractivity (Wildman–Crippen MR) is 81.4 cm³/mol. The number of hydrogen-bond acceptors (Lipinski definition) is 3. The van der Waals surface area contributed by atoms with E-state index < -0.39 is 11.5 Å². The molecule has 5 heteroatoms. The number of aliphatic carboxylic acids is 1. The number of fused-ring (bicyclic) bond motifs is 1. The number of nitrogens with zero attached hydrogens (tertiary/aromatic N) is 1. The van der Waals surface area contributed by atoms with E-state index in [2.05, 4.69) is 11.5 Å². The smallest absolute Gasteiger partial charge is 0.335 e. The van der Waals surface area contributed by atoms with Crippen LogP contribution in [0.2, 0.25) is 0 Å². The number of halogens is 1. The van der Waals surface area contributed by atoms with Crippen LogP contribution in [0.5, 0.6) is 0 Å². The van der Waals surface area contributed by atoms with Crippen LogP contribution in [0.1, 0.15) is 18.9 Å². The van der Waals surface area contributed by atoms with Crippen LogP contribution in [0.15, 0.2) is 54.3 Å². The van der Waals surface area contributed by atoms with Crippen molar-refractivity contribution in [2.75, 3.05) is 0 Å². The number of carboxylic acids is 1. The highest BCUT2D eigenvalue weighted by atomic mass is 35.5. The molecule has 3 atom stereocenters. The molecular weight excluding hydrogens is 288 g/mol. The Kier molecular flexibility index (Phi) is 3.51. The maximum Gasteiger partial charge on any atom is 0.335 e. The lowest BCUT2D eigenvalue weighted by molar-refractivity contribution is -0.151. The first kappa shape index (κ1) is 14.2. The van der Waals surface area contributed by atoms with Crippen LogP contribution in [0.25, 0.3) is 0 Å². The van der Waals surface area contributed by atoms with Crippen molar-refractivity contribution in [1.82, 2.24) is 10.4 Å². The molecule has 3 rings (SSSR count). The molecule has 0 bridgehead atoms. The molecule has 2 aliphatic rings. The van der Waals surface area contributed by atoms with Gasteiger partial charge in [-0.25, -0.2) is 10.2 Å². The van der Waals surface area contributed by atoms with E-state index in [-0.39, 0.29) is 11.4 Å². The van der Waals surface area contributed by atoms with Crippen molar-refractivity contribution in [3.05, 3.63) is 59.8 Å². The van der Waals surface area contributed by atoms with Crippen LogP contribution >= 0.6 is 11.6 Å². The van der Waals surface area contributed by atoms with Crippen molar-refractivity contribution in [3.8, 4) is 0 Å². The van der Waals surface area contributed by atoms with Crippen LogP contribution < -0.4 is 5.43 Å². The monoisotopic (exact) mass is 304 g/mol. The summed E-state index contributed by atoms with van der Waals surface area (Å²) in [4.78, 5) is 12.0. The van der Waals surface area contributed by atoms with E-state index in [1.165, 1.54) is 0 Å². The summed E-state index contributed by atoms with van der Waals surface area (Å²) in [6.07, 6.45) is 6.75. The number of hydrogen-bond donors (Lipinski definition) is 2. The SMILES string of the molecule is CC(C(=O)O)(c1ccccc1)N1NC(Cl)C2CC=CC=C21. The molecule has 0 radical (unpaired) electrons. The molecule has 1 aliphatic carbocycles. The molecule has 2 N–H and O–H groups in total. The van der Waals surface area contributed by atoms with E-state index in [0.717, 1.165) is 12.1 Å². The summed E-state index contributed by atoms with van der Waals surface area (Å²) in [5.74, 6) is -0.819. The summed E-state index contributed by atoms with van der Waals surface area (Å²) in [7, 11) is 0. The summed E-state index contributed by atoms with van der Waals surface area (Å²) in [5.41, 5.74) is 3.25. The Morgan fingerprint density at radius 1 is 1.43 bits per heavy atom. The van der Waals surface area contributed by atoms with Crippen LogP contribution in [-0.4, -0.2) is 21.6 Å². The number of carboxylic acid groups (broad SMARTS) is 1. The van der Waals surface area contributed by atoms with E-state index in [0.29, 0.717) is 5.56 Å². The minimum absolute atomic E-state index is 0.0963. The summed E-state index contributed by atoms with van der Waals surface area (Å²) >= 11 is 6.36. The molecule has 21 heavy (non-hydrogen) atoms. The quantitative estimate of drug-likeness (QED) is 0.666. The normalized spacial score (nSPS) is 27.0. The Bertz CT molecular complexity index is 614. The number of allylic oxidation sites excluding steroid dienone is 3. The second-order valence-corrected chi connectivity index (χ2v) is 5.94. The molecule has 0 amide bonds. The second kappa shape index (κ2) is 5.20. The van der Waals surface area contributed by atoms with Crippen molar-refractivity contribution in [2.45, 2.75) is 24.4 Å². The molecule has 1 aromatic rings. The summed E-state index contributed by atoms with van der Waals surface area (Å²) in [6.45, 7) is 1.70. The lowest BCUT2D eigenvalue weighted by atomic mass is 9.89. The number of hydrazine groups is 1. The van der Waals surface area contributed by atoms with Crippen molar-refractivity contribution in [1.29, 1.82) is 0 Å². The number of nitrogens with one attached hydrogen (secondary N) is 1. The standard InChI is InChI=1S/C16H17ClN2O2/c1-16(15(20)21,11-7-3-2-4-8-11)19-13-10-6-5-9-12(13)14(17)18-19/h2-8,10,12,14,18H,9H2,1H3,(H,20,21). The fraction of sp³-hybridized carbons (Fsp3) is 0.312. The third-order valence-corrected chi connectivity index (χ3v) is 4.64. The highest BCUT2D eigenvalue weighted by Crippen LogP contribution is 2.41. The Hall–Kier alpha value is -1.78. The van der Waals surface area contributed by atoms with Gasteiger partial charge in [0.15, 0.2) is 5.54 Å². The van der Waals surface area contributed by atoms with Gasteiger partial charge >= 0.3 is 5.97 Å². The molecule has 4 nitrogen and oxygen atoms in total. The van der Waals surface area contributed by atoms with Crippen LogP contribution in [-0.2, 0) is 10.3 Å². The van der Waals surface area contributed by atoms with Crippen molar-refractivity contribution in [2.24, 2.45) is 5.92 Å². The molecule has 1 aliphatic heterocycles. The van der Waals surface area contributed by atoms with E-state index >= 15 is 0 Å². The Balaban J connectivity index is 2.08. The first-order valence-electron chi connectivity index (χ1n) is 6.91. The zero-order valence-corrected chi connectivity index (χ0v) is 12.4. The van der Waals surface area contributed by atoms with E-state index in [9.17, 15) is 9.90 Å². The van der Waals surface area contributed by atoms with Crippen LogP contribution in [0.3, 0.4) is 0 Å². The average Bonchev–Trinajstić information content (AvgIpc) is 2.85. The Morgan fingerprint density at radius 3 is 2.81 bits per heavy atom. The zero-order valence-electron chi connectivity index (χ0n) is 11.7. The molecular formula is C16H17ClN2O2. The van der Waals surface area contributed by atoms with Gasteiger partial charge in [0, 0.05) is 11.6 Å². The molecule has 1 heterocycles. The van der Waals surface area contributed by atoms with Gasteiger partial charge in [0.1, 0.15) is 5.50 Å². The maximum absolute atomic E-state index is 12.0. The summed E-state index contributed by atoms with van der Waals surface area (Å²) in [5, 5.41) is 11.6. The first-order valence-corrected chi connectivity index (χ1v) is 7.35. The average molecular weight is 305 g/mol. The number of rotatable bonds is 3. The minimum Gasteiger partial charge on any atom is -0.479 e. The van der Waals surface area contributed by atoms with Gasteiger partial charge in [0.25, 0.3) is 0 Å². The number of carbonyl (C=O) groups is 1. The largest absolute Gasteiger partial charge is 0.479 e. The second-order valence-electron chi connectivity index (χ2n) is 5.47. The molecule has 110 valence electrons. The fourth-order valence-corrected chi connectivity index (χ4v) is 3.26. The lowest BCUT2D eigenvalue weighted by Crippen LogP contribution is -2.53. The first-order chi connectivity index (χ1) is 10.0. The highest BCUT2D eigenvalue weighted by molar-refractivity contribution is 6.21. The lowest BCUT2D eigenvalue weighted by Gasteiger charge is -2.38. The Labute approximate surface area is 128 Å². The molecule has 0 saturated carbocycles. The highest BCUT2D eigenvalue weighted by Gasteiger charge is 2.49. The van der Waals surface area contributed by atoms with E-state index in [1.807, 2.05) is 42.5 Å². The van der Waals surface area contributed by atoms with Gasteiger partial charge in [-0.1, -0.05) is 42.5 Å². The van der Waals surface area contributed by atoms with Gasteiger partial charge in [0.05, 0.1) is 0 Å². The maximum atomic E-state index is 12.0. The van der Waals surface area contributed by atoms with Gasteiger partial charge < -0.3 is 5.11 Å². The summed E-state index contributed by atoms with van der Waals surface area (Å²) in [6, 6.07) is 9.21. The van der Waals surface area contributed by atoms with Crippen molar-refractivity contribution < 1.29 is 9.90 Å². The Morgan fingerprint density at radius 2 is 2.14 bits per heavy atom.